The Kier molecular flexibility index (Phi) is 27.3. The molecule has 1 saturated carbocycles. The molecule has 0 aliphatic heterocycles. The Morgan fingerprint density at radius 1 is 0.673 bits per heavy atom. The Morgan fingerprint density at radius 3 is 1.69 bits per heavy atom. The molecule has 1 fully saturated rings. The van der Waals surface area contributed by atoms with Gasteiger partial charge in [-0.25, -0.2) is 4.57 Å². The van der Waals surface area contributed by atoms with E-state index in [1.54, 1.807) is 6.08 Å². The number of carbonyl (C=O) groups is 1. The average molecular weight is 766 g/mol. The molecule has 1 aliphatic carbocycles. The number of rotatable bonds is 31. The third-order valence-electron chi connectivity index (χ3n) is 9.54. The molecule has 0 aromatic carbocycles. The van der Waals surface area contributed by atoms with Crippen LogP contribution in [0, 0.1) is 0 Å². The lowest BCUT2D eigenvalue weighted by Crippen LogP contribution is -2.64. The van der Waals surface area contributed by atoms with Gasteiger partial charge in [-0.3, -0.25) is 13.8 Å². The second-order valence-electron chi connectivity index (χ2n) is 14.3. The number of aliphatic hydroxyl groups is 7. The third-order valence-corrected chi connectivity index (χ3v) is 10.5. The van der Waals surface area contributed by atoms with Gasteiger partial charge >= 0.3 is 7.82 Å². The number of allylic oxidation sites excluding steroid dienone is 3. The van der Waals surface area contributed by atoms with Crippen LogP contribution in [0.15, 0.2) is 24.3 Å². The van der Waals surface area contributed by atoms with Crippen LogP contribution in [-0.4, -0.2) is 108 Å². The predicted octanol–water partition coefficient (Wildman–Crippen LogP) is 4.86. The number of aliphatic hydroxyl groups excluding tert-OH is 7. The molecule has 1 amide bonds. The third kappa shape index (κ3) is 21.6. The molecule has 1 rings (SSSR count). The van der Waals surface area contributed by atoms with E-state index < -0.39 is 75.2 Å². The van der Waals surface area contributed by atoms with Crippen molar-refractivity contribution in [2.45, 2.75) is 204 Å². The summed E-state index contributed by atoms with van der Waals surface area (Å²) in [4.78, 5) is 23.2. The summed E-state index contributed by atoms with van der Waals surface area (Å²) in [6.45, 7) is 3.65. The highest BCUT2D eigenvalue weighted by Crippen LogP contribution is 2.47. The number of hydrogen-bond donors (Lipinski definition) is 9. The van der Waals surface area contributed by atoms with E-state index >= 15 is 0 Å². The zero-order valence-corrected chi connectivity index (χ0v) is 32.6. The second kappa shape index (κ2) is 29.1. The second-order valence-corrected chi connectivity index (χ2v) is 15.7. The van der Waals surface area contributed by atoms with Crippen molar-refractivity contribution in [3.8, 4) is 0 Å². The average Bonchev–Trinajstić information content (AvgIpc) is 3.11. The van der Waals surface area contributed by atoms with Crippen LogP contribution in [0.4, 0.5) is 0 Å². The van der Waals surface area contributed by atoms with Crippen LogP contribution in [0.5, 0.6) is 0 Å². The Hall–Kier alpha value is -1.22. The molecule has 8 atom stereocenters. The molecular weight excluding hydrogens is 693 g/mol. The molecule has 0 aromatic heterocycles. The summed E-state index contributed by atoms with van der Waals surface area (Å²) in [5.74, 6) is -0.606. The van der Waals surface area contributed by atoms with Gasteiger partial charge in [0.25, 0.3) is 0 Å². The molecule has 306 valence electrons. The standard InChI is InChI=1S/C38H72NO12P/c1-3-5-7-9-11-13-15-17-19-21-23-25-29(40)27-32(42)39-30(31(41)26-24-22-20-18-16-14-12-10-8-6-4-2)28-50-52(48,49)51-38-36(46)34(44)33(43)35(45)37(38)47/h16,18,24,26,29-31,33-38,40-41,43-47H,3-15,17,19-23,25,27-28H2,1-2H3,(H,39,42)(H,48,49)/b18-16+,26-24+. The van der Waals surface area contributed by atoms with Gasteiger partial charge in [0.05, 0.1) is 31.3 Å². The normalized spacial score (nSPS) is 25.3. The van der Waals surface area contributed by atoms with Gasteiger partial charge in [0.1, 0.15) is 36.6 Å². The van der Waals surface area contributed by atoms with E-state index in [1.165, 1.54) is 76.7 Å². The van der Waals surface area contributed by atoms with Crippen molar-refractivity contribution in [3.63, 3.8) is 0 Å². The van der Waals surface area contributed by atoms with E-state index in [-0.39, 0.29) is 6.42 Å². The van der Waals surface area contributed by atoms with Crippen LogP contribution in [0.2, 0.25) is 0 Å². The van der Waals surface area contributed by atoms with Gasteiger partial charge in [0.2, 0.25) is 5.91 Å². The van der Waals surface area contributed by atoms with E-state index in [2.05, 4.69) is 31.3 Å². The molecule has 0 bridgehead atoms. The summed E-state index contributed by atoms with van der Waals surface area (Å²) in [6.07, 6.45) is 14.4. The molecule has 14 heteroatoms. The number of phosphoric acid groups is 1. The zero-order valence-electron chi connectivity index (χ0n) is 31.7. The predicted molar refractivity (Wildman–Crippen MR) is 201 cm³/mol. The van der Waals surface area contributed by atoms with Gasteiger partial charge in [0.15, 0.2) is 0 Å². The Morgan fingerprint density at radius 2 is 1.13 bits per heavy atom. The summed E-state index contributed by atoms with van der Waals surface area (Å²) < 4.78 is 22.7. The maximum atomic E-state index is 12.9. The van der Waals surface area contributed by atoms with E-state index in [0.717, 1.165) is 44.9 Å². The minimum Gasteiger partial charge on any atom is -0.393 e. The molecule has 13 nitrogen and oxygen atoms in total. The Balaban J connectivity index is 2.68. The lowest BCUT2D eigenvalue weighted by atomic mass is 9.85. The van der Waals surface area contributed by atoms with Gasteiger partial charge in [-0.05, 0) is 32.1 Å². The van der Waals surface area contributed by atoms with Crippen molar-refractivity contribution < 1.29 is 59.0 Å². The van der Waals surface area contributed by atoms with Crippen LogP contribution in [0.1, 0.15) is 149 Å². The first-order valence-electron chi connectivity index (χ1n) is 19.9. The van der Waals surface area contributed by atoms with Crippen molar-refractivity contribution in [2.24, 2.45) is 0 Å². The summed E-state index contributed by atoms with van der Waals surface area (Å²) in [7, 11) is -5.13. The molecule has 1 aliphatic rings. The van der Waals surface area contributed by atoms with Crippen LogP contribution in [0.3, 0.4) is 0 Å². The fraction of sp³-hybridized carbons (Fsp3) is 0.868. The highest BCUT2D eigenvalue weighted by atomic mass is 31.2. The van der Waals surface area contributed by atoms with Crippen molar-refractivity contribution in [2.75, 3.05) is 6.61 Å². The monoisotopic (exact) mass is 765 g/mol. The fourth-order valence-electron chi connectivity index (χ4n) is 6.20. The first-order valence-corrected chi connectivity index (χ1v) is 21.4. The minimum atomic E-state index is -5.13. The highest BCUT2D eigenvalue weighted by molar-refractivity contribution is 7.47. The van der Waals surface area contributed by atoms with Crippen molar-refractivity contribution in [3.05, 3.63) is 24.3 Å². The smallest absolute Gasteiger partial charge is 0.393 e. The van der Waals surface area contributed by atoms with Crippen molar-refractivity contribution in [1.82, 2.24) is 5.32 Å². The number of amides is 1. The quantitative estimate of drug-likeness (QED) is 0.0262. The van der Waals surface area contributed by atoms with Gasteiger partial charge < -0.3 is 46.0 Å². The van der Waals surface area contributed by atoms with Crippen LogP contribution >= 0.6 is 7.82 Å². The van der Waals surface area contributed by atoms with Gasteiger partial charge in [-0.15, -0.1) is 0 Å². The first-order chi connectivity index (χ1) is 24.8. The Labute approximate surface area is 312 Å². The number of phosphoric ester groups is 1. The summed E-state index contributed by atoms with van der Waals surface area (Å²) >= 11 is 0. The Bertz CT molecular complexity index is 1000. The van der Waals surface area contributed by atoms with Crippen LogP contribution in [-0.2, 0) is 18.4 Å². The molecular formula is C38H72NO12P. The first kappa shape index (κ1) is 48.8. The largest absolute Gasteiger partial charge is 0.472 e. The van der Waals surface area contributed by atoms with Gasteiger partial charge in [0, 0.05) is 0 Å². The molecule has 0 heterocycles. The number of unbranched alkanes of at least 4 members (excludes halogenated alkanes) is 16. The zero-order chi connectivity index (χ0) is 38.8. The van der Waals surface area contributed by atoms with Crippen LogP contribution < -0.4 is 5.32 Å². The van der Waals surface area contributed by atoms with Crippen molar-refractivity contribution in [1.29, 1.82) is 0 Å². The molecule has 0 aromatic rings. The molecule has 8 unspecified atom stereocenters. The van der Waals surface area contributed by atoms with E-state index in [4.69, 9.17) is 9.05 Å². The van der Waals surface area contributed by atoms with E-state index in [1.807, 2.05) is 0 Å². The fourth-order valence-corrected chi connectivity index (χ4v) is 7.16. The molecule has 0 radical (unpaired) electrons. The minimum absolute atomic E-state index is 0.250. The van der Waals surface area contributed by atoms with E-state index in [9.17, 15) is 50.0 Å². The van der Waals surface area contributed by atoms with Crippen LogP contribution in [0.25, 0.3) is 0 Å². The SMILES string of the molecule is CCCCCCC/C=C/CC/C=C/C(O)C(COP(=O)(O)OC1C(O)C(O)C(O)C(O)C1O)NC(=O)CC(O)CCCCCCCCCCCCC. The number of nitrogens with one attached hydrogen (secondary N) is 1. The van der Waals surface area contributed by atoms with Crippen molar-refractivity contribution >= 4 is 13.7 Å². The van der Waals surface area contributed by atoms with Gasteiger partial charge in [-0.2, -0.15) is 0 Å². The molecule has 0 saturated heterocycles. The maximum absolute atomic E-state index is 12.9. The summed E-state index contributed by atoms with van der Waals surface area (Å²) in [5, 5.41) is 74.0. The topological polar surface area (TPSA) is 226 Å². The number of hydrogen-bond acceptors (Lipinski definition) is 11. The number of carbonyl (C=O) groups excluding carboxylic acids is 1. The lowest BCUT2D eigenvalue weighted by molar-refractivity contribution is -0.220. The van der Waals surface area contributed by atoms with Gasteiger partial charge in [-0.1, -0.05) is 134 Å². The summed E-state index contributed by atoms with van der Waals surface area (Å²) in [5.41, 5.74) is 0. The lowest BCUT2D eigenvalue weighted by Gasteiger charge is -2.41. The molecule has 9 N–H and O–H groups in total. The summed E-state index contributed by atoms with van der Waals surface area (Å²) in [6, 6.07) is -1.25. The maximum Gasteiger partial charge on any atom is 0.472 e. The van der Waals surface area contributed by atoms with E-state index in [0.29, 0.717) is 12.8 Å². The molecule has 52 heavy (non-hydrogen) atoms. The highest BCUT2D eigenvalue weighted by Gasteiger charge is 2.51. The molecule has 0 spiro atoms.